The van der Waals surface area contributed by atoms with Crippen molar-refractivity contribution in [1.29, 1.82) is 0 Å². The Balaban J connectivity index is 2.64. The van der Waals surface area contributed by atoms with E-state index in [-0.39, 0.29) is 5.92 Å². The van der Waals surface area contributed by atoms with E-state index in [1.54, 1.807) is 0 Å². The Kier molecular flexibility index (Phi) is 8.41. The molecule has 0 radical (unpaired) electrons. The smallest absolute Gasteiger partial charge is 0.119 e. The summed E-state index contributed by atoms with van der Waals surface area (Å²) in [5, 5.41) is 21.2. The van der Waals surface area contributed by atoms with Crippen molar-refractivity contribution in [2.24, 2.45) is 0 Å². The van der Waals surface area contributed by atoms with Gasteiger partial charge in [0.2, 0.25) is 0 Å². The van der Waals surface area contributed by atoms with Gasteiger partial charge in [-0.25, -0.2) is 0 Å². The molecule has 1 atom stereocenters. The van der Waals surface area contributed by atoms with E-state index < -0.39 is 0 Å². The number of aromatic hydroxyl groups is 2. The first-order valence-electron chi connectivity index (χ1n) is 11.1. The summed E-state index contributed by atoms with van der Waals surface area (Å²) in [6.07, 6.45) is 8.69. The van der Waals surface area contributed by atoms with Crippen LogP contribution in [0.2, 0.25) is 0 Å². The zero-order valence-electron chi connectivity index (χ0n) is 18.4. The first-order valence-corrected chi connectivity index (χ1v) is 11.1. The molecule has 0 aliphatic carbocycles. The Morgan fingerprint density at radius 1 is 0.857 bits per heavy atom. The summed E-state index contributed by atoms with van der Waals surface area (Å²) in [4.78, 5) is 0. The number of hydrogen-bond donors (Lipinski definition) is 2. The fourth-order valence-corrected chi connectivity index (χ4v) is 4.41. The van der Waals surface area contributed by atoms with Crippen molar-refractivity contribution in [3.05, 3.63) is 57.6 Å². The van der Waals surface area contributed by atoms with Crippen LogP contribution in [0.15, 0.2) is 24.3 Å². The monoisotopic (exact) mass is 382 g/mol. The van der Waals surface area contributed by atoms with Gasteiger partial charge in [-0.3, -0.25) is 0 Å². The van der Waals surface area contributed by atoms with E-state index in [4.69, 9.17) is 0 Å². The van der Waals surface area contributed by atoms with E-state index in [0.29, 0.717) is 11.5 Å². The van der Waals surface area contributed by atoms with Crippen LogP contribution in [-0.4, -0.2) is 10.2 Å². The molecule has 2 rings (SSSR count). The molecule has 0 bridgehead atoms. The Morgan fingerprint density at radius 2 is 1.54 bits per heavy atom. The molecule has 2 aromatic carbocycles. The molecule has 0 aliphatic heterocycles. The number of benzene rings is 2. The highest BCUT2D eigenvalue weighted by Gasteiger charge is 2.24. The van der Waals surface area contributed by atoms with Gasteiger partial charge in [-0.05, 0) is 92.0 Å². The lowest BCUT2D eigenvalue weighted by atomic mass is 9.79. The van der Waals surface area contributed by atoms with Crippen LogP contribution in [0.5, 0.6) is 11.5 Å². The Bertz CT molecular complexity index is 776. The van der Waals surface area contributed by atoms with Gasteiger partial charge in [0.15, 0.2) is 0 Å². The zero-order chi connectivity index (χ0) is 20.7. The number of phenolic OH excluding ortho intramolecular Hbond substituents is 2. The second kappa shape index (κ2) is 10.5. The Morgan fingerprint density at radius 3 is 2.18 bits per heavy atom. The van der Waals surface area contributed by atoms with Crippen molar-refractivity contribution in [1.82, 2.24) is 0 Å². The van der Waals surface area contributed by atoms with Crippen LogP contribution in [0, 0.1) is 13.8 Å². The Labute approximate surface area is 171 Å². The highest BCUT2D eigenvalue weighted by molar-refractivity contribution is 5.53. The van der Waals surface area contributed by atoms with Gasteiger partial charge in [-0.1, -0.05) is 46.1 Å². The van der Waals surface area contributed by atoms with Gasteiger partial charge in [-0.2, -0.15) is 0 Å². The highest BCUT2D eigenvalue weighted by Crippen LogP contribution is 2.42. The molecule has 2 aromatic rings. The molecule has 0 spiro atoms. The minimum Gasteiger partial charge on any atom is -0.508 e. The lowest BCUT2D eigenvalue weighted by Gasteiger charge is -2.26. The largest absolute Gasteiger partial charge is 0.508 e. The van der Waals surface area contributed by atoms with Gasteiger partial charge in [0.05, 0.1) is 0 Å². The summed E-state index contributed by atoms with van der Waals surface area (Å²) in [7, 11) is 0. The van der Waals surface area contributed by atoms with Crippen LogP contribution in [0.1, 0.15) is 98.6 Å². The van der Waals surface area contributed by atoms with E-state index in [2.05, 4.69) is 40.7 Å². The fourth-order valence-electron chi connectivity index (χ4n) is 4.41. The van der Waals surface area contributed by atoms with Crippen LogP contribution in [0.25, 0.3) is 0 Å². The summed E-state index contributed by atoms with van der Waals surface area (Å²) < 4.78 is 0. The SMILES string of the molecule is CCCCc1ccc(O)c(C(CCC)c2cc(O)cc(C)c2CCCC)c1C. The van der Waals surface area contributed by atoms with E-state index >= 15 is 0 Å². The molecule has 0 amide bonds. The van der Waals surface area contributed by atoms with E-state index in [1.165, 1.54) is 28.7 Å². The van der Waals surface area contributed by atoms with Gasteiger partial charge in [0, 0.05) is 11.5 Å². The Hall–Kier alpha value is -1.96. The molecule has 28 heavy (non-hydrogen) atoms. The maximum atomic E-state index is 10.8. The molecule has 0 saturated carbocycles. The highest BCUT2D eigenvalue weighted by atomic mass is 16.3. The first kappa shape index (κ1) is 22.3. The number of rotatable bonds is 10. The average molecular weight is 383 g/mol. The quantitative estimate of drug-likeness (QED) is 0.451. The molecule has 0 heterocycles. The molecule has 154 valence electrons. The summed E-state index contributed by atoms with van der Waals surface area (Å²) in [6, 6.07) is 7.77. The van der Waals surface area contributed by atoms with E-state index in [9.17, 15) is 10.2 Å². The van der Waals surface area contributed by atoms with Gasteiger partial charge >= 0.3 is 0 Å². The van der Waals surface area contributed by atoms with E-state index in [1.807, 2.05) is 18.2 Å². The molecule has 2 nitrogen and oxygen atoms in total. The third-order valence-electron chi connectivity index (χ3n) is 5.98. The molecule has 2 N–H and O–H groups in total. The van der Waals surface area contributed by atoms with Crippen LogP contribution < -0.4 is 0 Å². The number of aryl methyl sites for hydroxylation is 2. The summed E-state index contributed by atoms with van der Waals surface area (Å²) in [5.74, 6) is 0.830. The second-order valence-electron chi connectivity index (χ2n) is 8.16. The minimum absolute atomic E-state index is 0.115. The summed E-state index contributed by atoms with van der Waals surface area (Å²) in [5.41, 5.74) is 7.30. The van der Waals surface area contributed by atoms with Gasteiger partial charge < -0.3 is 10.2 Å². The standard InChI is InChI=1S/C26H38O2/c1-6-9-12-20-14-15-25(28)26(19(20)5)23(11-8-3)24-17-21(27)16-18(4)22(24)13-10-7-2/h14-17,23,27-28H,6-13H2,1-5H3. The maximum absolute atomic E-state index is 10.8. The van der Waals surface area contributed by atoms with Crippen LogP contribution in [0.4, 0.5) is 0 Å². The predicted octanol–water partition coefficient (Wildman–Crippen LogP) is 7.33. The topological polar surface area (TPSA) is 40.5 Å². The van der Waals surface area contributed by atoms with Crippen molar-refractivity contribution in [2.45, 2.75) is 91.9 Å². The van der Waals surface area contributed by atoms with Crippen molar-refractivity contribution in [3.63, 3.8) is 0 Å². The lowest BCUT2D eigenvalue weighted by molar-refractivity contribution is 0.458. The van der Waals surface area contributed by atoms with E-state index in [0.717, 1.165) is 56.1 Å². The molecule has 2 heteroatoms. The molecule has 0 aliphatic rings. The summed E-state index contributed by atoms with van der Waals surface area (Å²) in [6.45, 7) is 10.9. The molecular formula is C26H38O2. The fraction of sp³-hybridized carbons (Fsp3) is 0.538. The first-order chi connectivity index (χ1) is 13.4. The van der Waals surface area contributed by atoms with Gasteiger partial charge in [0.25, 0.3) is 0 Å². The van der Waals surface area contributed by atoms with Gasteiger partial charge in [-0.15, -0.1) is 0 Å². The maximum Gasteiger partial charge on any atom is 0.119 e. The molecule has 1 unspecified atom stereocenters. The molecule has 0 saturated heterocycles. The van der Waals surface area contributed by atoms with Crippen molar-refractivity contribution >= 4 is 0 Å². The molecule has 0 aromatic heterocycles. The van der Waals surface area contributed by atoms with Gasteiger partial charge in [0.1, 0.15) is 11.5 Å². The van der Waals surface area contributed by atoms with Crippen molar-refractivity contribution in [2.75, 3.05) is 0 Å². The average Bonchev–Trinajstić information content (AvgIpc) is 2.65. The molecule has 0 fully saturated rings. The summed E-state index contributed by atoms with van der Waals surface area (Å²) >= 11 is 0. The number of unbranched alkanes of at least 4 members (excludes halogenated alkanes) is 2. The predicted molar refractivity (Wildman–Crippen MR) is 120 cm³/mol. The van der Waals surface area contributed by atoms with Crippen molar-refractivity contribution < 1.29 is 10.2 Å². The zero-order valence-corrected chi connectivity index (χ0v) is 18.4. The number of phenols is 2. The molecular weight excluding hydrogens is 344 g/mol. The minimum atomic E-state index is 0.115. The number of hydrogen-bond acceptors (Lipinski definition) is 2. The van der Waals surface area contributed by atoms with Crippen LogP contribution >= 0.6 is 0 Å². The lowest BCUT2D eigenvalue weighted by Crippen LogP contribution is -2.10. The normalized spacial score (nSPS) is 12.3. The third-order valence-corrected chi connectivity index (χ3v) is 5.98. The second-order valence-corrected chi connectivity index (χ2v) is 8.16. The van der Waals surface area contributed by atoms with Crippen LogP contribution in [-0.2, 0) is 12.8 Å². The van der Waals surface area contributed by atoms with Crippen molar-refractivity contribution in [3.8, 4) is 11.5 Å². The third kappa shape index (κ3) is 5.10. The van der Waals surface area contributed by atoms with Crippen LogP contribution in [0.3, 0.4) is 0 Å².